The zero-order chi connectivity index (χ0) is 18.8. The van der Waals surface area contributed by atoms with Crippen molar-refractivity contribution < 1.29 is 8.81 Å². The van der Waals surface area contributed by atoms with E-state index in [0.29, 0.717) is 44.8 Å². The molecule has 0 bridgehead atoms. The largest absolute Gasteiger partial charge is 0.444 e. The number of fused-ring (bicyclic) bond motifs is 1. The van der Waals surface area contributed by atoms with Crippen LogP contribution < -0.4 is 5.56 Å². The monoisotopic (exact) mass is 399 g/mol. The van der Waals surface area contributed by atoms with Crippen LogP contribution in [0.5, 0.6) is 0 Å². The van der Waals surface area contributed by atoms with Gasteiger partial charge < -0.3 is 4.42 Å². The van der Waals surface area contributed by atoms with Gasteiger partial charge in [0.1, 0.15) is 16.8 Å². The molecular weight excluding hydrogens is 385 g/mol. The highest BCUT2D eigenvalue weighted by Crippen LogP contribution is 2.25. The molecular formula is C19H14FN3O2S2. The molecule has 27 heavy (non-hydrogen) atoms. The Kier molecular flexibility index (Phi) is 4.91. The first-order valence-electron chi connectivity index (χ1n) is 8.08. The van der Waals surface area contributed by atoms with E-state index in [4.69, 9.17) is 4.42 Å². The van der Waals surface area contributed by atoms with E-state index < -0.39 is 0 Å². The van der Waals surface area contributed by atoms with Crippen molar-refractivity contribution in [2.75, 3.05) is 0 Å². The van der Waals surface area contributed by atoms with E-state index in [-0.39, 0.29) is 11.4 Å². The van der Waals surface area contributed by atoms with Crippen molar-refractivity contribution >= 4 is 33.3 Å². The minimum absolute atomic E-state index is 0.0652. The van der Waals surface area contributed by atoms with E-state index in [9.17, 15) is 9.18 Å². The predicted molar refractivity (Wildman–Crippen MR) is 106 cm³/mol. The number of halogens is 1. The number of oxazole rings is 1. The number of hydrogen-bond donors (Lipinski definition) is 0. The van der Waals surface area contributed by atoms with Gasteiger partial charge >= 0.3 is 0 Å². The maximum absolute atomic E-state index is 13.0. The summed E-state index contributed by atoms with van der Waals surface area (Å²) in [4.78, 5) is 21.7. The van der Waals surface area contributed by atoms with Crippen molar-refractivity contribution in [1.82, 2.24) is 14.5 Å². The highest BCUT2D eigenvalue weighted by molar-refractivity contribution is 7.98. The van der Waals surface area contributed by atoms with Gasteiger partial charge in [-0.25, -0.2) is 14.4 Å². The van der Waals surface area contributed by atoms with Crippen molar-refractivity contribution in [2.45, 2.75) is 17.5 Å². The highest BCUT2D eigenvalue weighted by Gasteiger charge is 2.13. The Morgan fingerprint density at radius 1 is 1.26 bits per heavy atom. The van der Waals surface area contributed by atoms with Crippen LogP contribution in [0.3, 0.4) is 0 Å². The quantitative estimate of drug-likeness (QED) is 0.266. The van der Waals surface area contributed by atoms with Gasteiger partial charge in [-0.2, -0.15) is 0 Å². The maximum atomic E-state index is 13.0. The van der Waals surface area contributed by atoms with Crippen molar-refractivity contribution in [3.63, 3.8) is 0 Å². The van der Waals surface area contributed by atoms with E-state index in [2.05, 4.69) is 16.5 Å². The first-order valence-corrected chi connectivity index (χ1v) is 9.94. The van der Waals surface area contributed by atoms with Crippen LogP contribution >= 0.6 is 23.1 Å². The third-order valence-corrected chi connectivity index (χ3v) is 5.74. The van der Waals surface area contributed by atoms with Gasteiger partial charge in [0.05, 0.1) is 11.2 Å². The van der Waals surface area contributed by atoms with Crippen LogP contribution in [0, 0.1) is 5.82 Å². The molecule has 0 spiro atoms. The van der Waals surface area contributed by atoms with Gasteiger partial charge in [-0.3, -0.25) is 9.36 Å². The number of thiophene rings is 1. The second-order valence-corrected chi connectivity index (χ2v) is 7.53. The van der Waals surface area contributed by atoms with Crippen molar-refractivity contribution in [2.24, 2.45) is 0 Å². The third-order valence-electron chi connectivity index (χ3n) is 3.83. The van der Waals surface area contributed by atoms with Gasteiger partial charge in [0.15, 0.2) is 5.16 Å². The molecule has 0 saturated carbocycles. The molecule has 1 aromatic carbocycles. The molecule has 8 heteroatoms. The van der Waals surface area contributed by atoms with Crippen LogP contribution in [-0.4, -0.2) is 14.5 Å². The molecule has 3 aromatic heterocycles. The molecule has 5 nitrogen and oxygen atoms in total. The fraction of sp³-hybridized carbons (Fsp3) is 0.105. The fourth-order valence-corrected chi connectivity index (χ4v) is 4.22. The lowest BCUT2D eigenvalue weighted by Gasteiger charge is -2.09. The summed E-state index contributed by atoms with van der Waals surface area (Å²) in [6.45, 7) is 4.11. The van der Waals surface area contributed by atoms with Crippen molar-refractivity contribution in [3.8, 4) is 11.5 Å². The SMILES string of the molecule is C=CCn1c(SCc2coc(-c3ccc(F)cc3)n2)nc2ccsc2c1=O. The average molecular weight is 399 g/mol. The summed E-state index contributed by atoms with van der Waals surface area (Å²) >= 11 is 2.80. The minimum atomic E-state index is -0.309. The van der Waals surface area contributed by atoms with E-state index in [1.165, 1.54) is 35.2 Å². The van der Waals surface area contributed by atoms with Crippen LogP contribution in [0.1, 0.15) is 5.69 Å². The van der Waals surface area contributed by atoms with Gasteiger partial charge in [0.2, 0.25) is 5.89 Å². The normalized spacial score (nSPS) is 11.1. The lowest BCUT2D eigenvalue weighted by Crippen LogP contribution is -2.21. The standard InChI is InChI=1S/C19H14FN3O2S2/c1-2-8-23-18(24)16-15(7-9-26-16)22-19(23)27-11-14-10-25-17(21-14)12-3-5-13(20)6-4-12/h2-7,9-10H,1,8,11H2. The van der Waals surface area contributed by atoms with Crippen molar-refractivity contribution in [3.05, 3.63) is 76.5 Å². The third kappa shape index (κ3) is 3.58. The zero-order valence-corrected chi connectivity index (χ0v) is 15.7. The molecule has 0 atom stereocenters. The molecule has 0 aliphatic carbocycles. The number of aromatic nitrogens is 3. The molecule has 4 rings (SSSR count). The molecule has 3 heterocycles. The van der Waals surface area contributed by atoms with Gasteiger partial charge in [-0.1, -0.05) is 17.8 Å². The topological polar surface area (TPSA) is 60.9 Å². The zero-order valence-electron chi connectivity index (χ0n) is 14.1. The second kappa shape index (κ2) is 7.50. The summed E-state index contributed by atoms with van der Waals surface area (Å²) in [5.74, 6) is 0.607. The summed E-state index contributed by atoms with van der Waals surface area (Å²) < 4.78 is 20.8. The Morgan fingerprint density at radius 3 is 2.85 bits per heavy atom. The molecule has 0 unspecified atom stereocenters. The van der Waals surface area contributed by atoms with E-state index >= 15 is 0 Å². The van der Waals surface area contributed by atoms with Crippen LogP contribution in [-0.2, 0) is 12.3 Å². The molecule has 0 radical (unpaired) electrons. The summed E-state index contributed by atoms with van der Waals surface area (Å²) in [5, 5.41) is 2.47. The number of rotatable bonds is 6. The molecule has 0 aliphatic heterocycles. The Balaban J connectivity index is 1.58. The Morgan fingerprint density at radius 2 is 2.07 bits per heavy atom. The van der Waals surface area contributed by atoms with Crippen LogP contribution in [0.4, 0.5) is 4.39 Å². The molecule has 0 fully saturated rings. The average Bonchev–Trinajstić information content (AvgIpc) is 3.33. The second-order valence-electron chi connectivity index (χ2n) is 5.67. The summed E-state index contributed by atoms with van der Waals surface area (Å²) in [5.41, 5.74) is 2.04. The Bertz CT molecular complexity index is 1160. The fourth-order valence-electron chi connectivity index (χ4n) is 2.56. The molecule has 0 N–H and O–H groups in total. The predicted octanol–water partition coefficient (Wildman–Crippen LogP) is 4.73. The van der Waals surface area contributed by atoms with E-state index in [1.54, 1.807) is 29.0 Å². The van der Waals surface area contributed by atoms with Gasteiger partial charge in [0.25, 0.3) is 5.56 Å². The number of thioether (sulfide) groups is 1. The molecule has 0 saturated heterocycles. The molecule has 136 valence electrons. The molecule has 0 amide bonds. The number of benzene rings is 1. The minimum Gasteiger partial charge on any atom is -0.444 e. The smallest absolute Gasteiger partial charge is 0.272 e. The van der Waals surface area contributed by atoms with Crippen LogP contribution in [0.15, 0.2) is 69.0 Å². The van der Waals surface area contributed by atoms with Gasteiger partial charge in [-0.15, -0.1) is 17.9 Å². The summed E-state index contributed by atoms with van der Waals surface area (Å²) in [6, 6.07) is 7.80. The summed E-state index contributed by atoms with van der Waals surface area (Å²) in [7, 11) is 0. The lowest BCUT2D eigenvalue weighted by molar-refractivity contribution is 0.572. The Labute approximate surface area is 162 Å². The lowest BCUT2D eigenvalue weighted by atomic mass is 10.2. The number of nitrogens with zero attached hydrogens (tertiary/aromatic N) is 3. The van der Waals surface area contributed by atoms with Crippen LogP contribution in [0.2, 0.25) is 0 Å². The Hall–Kier alpha value is -2.71. The van der Waals surface area contributed by atoms with Crippen LogP contribution in [0.25, 0.3) is 21.7 Å². The first kappa shape index (κ1) is 17.7. The van der Waals surface area contributed by atoms with E-state index in [0.717, 1.165) is 0 Å². The van der Waals surface area contributed by atoms with Gasteiger partial charge in [-0.05, 0) is 35.7 Å². The number of allylic oxidation sites excluding steroid dienone is 1. The molecule has 0 aliphatic rings. The summed E-state index contributed by atoms with van der Waals surface area (Å²) in [6.07, 6.45) is 3.24. The highest BCUT2D eigenvalue weighted by atomic mass is 32.2. The molecule has 4 aromatic rings. The van der Waals surface area contributed by atoms with Gasteiger partial charge in [0, 0.05) is 17.9 Å². The number of hydrogen-bond acceptors (Lipinski definition) is 6. The maximum Gasteiger partial charge on any atom is 0.272 e. The van der Waals surface area contributed by atoms with Crippen molar-refractivity contribution in [1.29, 1.82) is 0 Å². The van der Waals surface area contributed by atoms with E-state index in [1.807, 2.05) is 11.4 Å². The first-order chi connectivity index (χ1) is 13.2.